The molecular weight excluding hydrogens is 338 g/mol. The maximum atomic E-state index is 12.7. The molecule has 148 valence electrons. The molecule has 0 unspecified atom stereocenters. The Hall–Kier alpha value is -2.16. The lowest BCUT2D eigenvalue weighted by atomic mass is 9.80. The van der Waals surface area contributed by atoms with E-state index in [0.717, 1.165) is 13.0 Å². The van der Waals surface area contributed by atoms with Gasteiger partial charge < -0.3 is 26.6 Å². The maximum Gasteiger partial charge on any atom is 0.245 e. The standard InChI is InChI=1S/C17H31N5O4/c1-10-9-19-8-6-7-17(10,16(26)18-5)22-15(25)12(3)21-14(24)11(2)20-13(4)23/h10-12,19H,6-9H2,1-5H3,(H,18,26)(H,20,23)(H,21,24)(H,22,25)/t10-,11+,12+,17+/m1/s1. The van der Waals surface area contributed by atoms with Crippen LogP contribution in [0, 0.1) is 5.92 Å². The molecule has 1 aliphatic rings. The first kappa shape index (κ1) is 21.9. The van der Waals surface area contributed by atoms with E-state index in [2.05, 4.69) is 26.6 Å². The molecule has 9 nitrogen and oxygen atoms in total. The highest BCUT2D eigenvalue weighted by atomic mass is 16.2. The Balaban J connectivity index is 2.84. The smallest absolute Gasteiger partial charge is 0.245 e. The van der Waals surface area contributed by atoms with Crippen molar-refractivity contribution < 1.29 is 19.2 Å². The third-order valence-corrected chi connectivity index (χ3v) is 4.76. The highest BCUT2D eigenvalue weighted by Crippen LogP contribution is 2.26. The molecule has 0 aromatic heterocycles. The summed E-state index contributed by atoms with van der Waals surface area (Å²) in [5.74, 6) is -1.59. The fourth-order valence-corrected chi connectivity index (χ4v) is 3.14. The summed E-state index contributed by atoms with van der Waals surface area (Å²) in [5.41, 5.74) is -1.03. The van der Waals surface area contributed by atoms with Gasteiger partial charge in [0.25, 0.3) is 0 Å². The third-order valence-electron chi connectivity index (χ3n) is 4.76. The average molecular weight is 369 g/mol. The number of hydrogen-bond donors (Lipinski definition) is 5. The van der Waals surface area contributed by atoms with Crippen LogP contribution in [0.15, 0.2) is 0 Å². The number of amides is 4. The van der Waals surface area contributed by atoms with E-state index in [0.29, 0.717) is 13.0 Å². The predicted molar refractivity (Wildman–Crippen MR) is 97.1 cm³/mol. The van der Waals surface area contributed by atoms with E-state index in [4.69, 9.17) is 0 Å². The van der Waals surface area contributed by atoms with Gasteiger partial charge in [-0.05, 0) is 33.2 Å². The SMILES string of the molecule is CNC(=O)[C@]1(NC(=O)[C@H](C)NC(=O)[C@H](C)NC(C)=O)CCCNC[C@H]1C. The van der Waals surface area contributed by atoms with E-state index in [9.17, 15) is 19.2 Å². The number of carbonyl (C=O) groups excluding carboxylic acids is 4. The van der Waals surface area contributed by atoms with Gasteiger partial charge in [0.1, 0.15) is 17.6 Å². The summed E-state index contributed by atoms with van der Waals surface area (Å²) in [6, 6.07) is -1.60. The first-order chi connectivity index (χ1) is 12.1. The van der Waals surface area contributed by atoms with Crippen LogP contribution in [0.5, 0.6) is 0 Å². The lowest BCUT2D eigenvalue weighted by molar-refractivity contribution is -0.137. The summed E-state index contributed by atoms with van der Waals surface area (Å²) in [6.45, 7) is 7.69. The van der Waals surface area contributed by atoms with Crippen LogP contribution >= 0.6 is 0 Å². The molecule has 9 heteroatoms. The van der Waals surface area contributed by atoms with Crippen LogP contribution in [0.2, 0.25) is 0 Å². The van der Waals surface area contributed by atoms with Gasteiger partial charge in [0.15, 0.2) is 0 Å². The molecule has 0 bridgehead atoms. The minimum absolute atomic E-state index is 0.116. The van der Waals surface area contributed by atoms with Crippen molar-refractivity contribution in [1.29, 1.82) is 0 Å². The van der Waals surface area contributed by atoms with Crippen LogP contribution < -0.4 is 26.6 Å². The number of likely N-dealkylation sites (N-methyl/N-ethyl adjacent to an activating group) is 1. The molecule has 1 aliphatic heterocycles. The van der Waals surface area contributed by atoms with E-state index >= 15 is 0 Å². The number of carbonyl (C=O) groups is 4. The molecular formula is C17H31N5O4. The predicted octanol–water partition coefficient (Wildman–Crippen LogP) is -1.36. The van der Waals surface area contributed by atoms with Crippen molar-refractivity contribution in [2.24, 2.45) is 5.92 Å². The van der Waals surface area contributed by atoms with Gasteiger partial charge in [-0.1, -0.05) is 6.92 Å². The minimum Gasteiger partial charge on any atom is -0.357 e. The molecule has 1 saturated heterocycles. The van der Waals surface area contributed by atoms with Gasteiger partial charge in [-0.3, -0.25) is 19.2 Å². The van der Waals surface area contributed by atoms with Crippen molar-refractivity contribution in [2.75, 3.05) is 20.1 Å². The third kappa shape index (κ3) is 5.42. The normalized spacial score (nSPS) is 25.2. The Morgan fingerprint density at radius 2 is 1.69 bits per heavy atom. The lowest BCUT2D eigenvalue weighted by Crippen LogP contribution is -2.65. The van der Waals surface area contributed by atoms with Crippen molar-refractivity contribution in [3.05, 3.63) is 0 Å². The van der Waals surface area contributed by atoms with Crippen LogP contribution in [0.3, 0.4) is 0 Å². The first-order valence-electron chi connectivity index (χ1n) is 8.96. The number of hydrogen-bond acceptors (Lipinski definition) is 5. The van der Waals surface area contributed by atoms with Crippen molar-refractivity contribution in [3.8, 4) is 0 Å². The van der Waals surface area contributed by atoms with Gasteiger partial charge in [-0.25, -0.2) is 0 Å². The van der Waals surface area contributed by atoms with Crippen LogP contribution in [0.25, 0.3) is 0 Å². The van der Waals surface area contributed by atoms with Gasteiger partial charge >= 0.3 is 0 Å². The second-order valence-electron chi connectivity index (χ2n) is 6.90. The van der Waals surface area contributed by atoms with Gasteiger partial charge in [0.05, 0.1) is 0 Å². The number of nitrogens with one attached hydrogen (secondary N) is 5. The van der Waals surface area contributed by atoms with Crippen LogP contribution in [-0.2, 0) is 19.2 Å². The lowest BCUT2D eigenvalue weighted by Gasteiger charge is -2.37. The molecule has 5 N–H and O–H groups in total. The maximum absolute atomic E-state index is 12.7. The monoisotopic (exact) mass is 369 g/mol. The Morgan fingerprint density at radius 1 is 1.08 bits per heavy atom. The first-order valence-corrected chi connectivity index (χ1v) is 8.96. The molecule has 0 spiro atoms. The summed E-state index contributed by atoms with van der Waals surface area (Å²) in [5, 5.41) is 13.8. The molecule has 0 aromatic carbocycles. The summed E-state index contributed by atoms with van der Waals surface area (Å²) < 4.78 is 0. The molecule has 26 heavy (non-hydrogen) atoms. The molecule has 4 amide bonds. The second-order valence-corrected chi connectivity index (χ2v) is 6.90. The summed E-state index contributed by atoms with van der Waals surface area (Å²) in [7, 11) is 1.54. The Kier molecular flexibility index (Phi) is 8.01. The van der Waals surface area contributed by atoms with Crippen LogP contribution in [0.1, 0.15) is 40.5 Å². The Bertz CT molecular complexity index is 553. The minimum atomic E-state index is -1.03. The largest absolute Gasteiger partial charge is 0.357 e. The fraction of sp³-hybridized carbons (Fsp3) is 0.765. The van der Waals surface area contributed by atoms with Crippen LogP contribution in [0.4, 0.5) is 0 Å². The second kappa shape index (κ2) is 9.51. The highest BCUT2D eigenvalue weighted by molar-refractivity contribution is 5.95. The Morgan fingerprint density at radius 3 is 2.27 bits per heavy atom. The van der Waals surface area contributed by atoms with E-state index < -0.39 is 29.4 Å². The van der Waals surface area contributed by atoms with E-state index in [1.165, 1.54) is 13.8 Å². The van der Waals surface area contributed by atoms with Gasteiger partial charge in [-0.2, -0.15) is 0 Å². The van der Waals surface area contributed by atoms with Gasteiger partial charge in [0, 0.05) is 26.4 Å². The summed E-state index contributed by atoms with van der Waals surface area (Å²) in [4.78, 5) is 48.4. The van der Waals surface area contributed by atoms with Gasteiger partial charge in [-0.15, -0.1) is 0 Å². The van der Waals surface area contributed by atoms with E-state index in [1.54, 1.807) is 14.0 Å². The molecule has 0 aliphatic carbocycles. The number of rotatable bonds is 6. The molecule has 1 fully saturated rings. The molecule has 1 heterocycles. The van der Waals surface area contributed by atoms with Crippen molar-refractivity contribution in [1.82, 2.24) is 26.6 Å². The summed E-state index contributed by atoms with van der Waals surface area (Å²) in [6.07, 6.45) is 1.26. The van der Waals surface area contributed by atoms with Crippen molar-refractivity contribution in [2.45, 2.75) is 58.2 Å². The van der Waals surface area contributed by atoms with E-state index in [1.807, 2.05) is 6.92 Å². The molecule has 0 aromatic rings. The molecule has 4 atom stereocenters. The van der Waals surface area contributed by atoms with E-state index in [-0.39, 0.29) is 17.7 Å². The zero-order valence-corrected chi connectivity index (χ0v) is 16.2. The average Bonchev–Trinajstić information content (AvgIpc) is 2.76. The summed E-state index contributed by atoms with van der Waals surface area (Å²) >= 11 is 0. The molecule has 0 saturated carbocycles. The van der Waals surface area contributed by atoms with Crippen molar-refractivity contribution >= 4 is 23.6 Å². The topological polar surface area (TPSA) is 128 Å². The molecule has 0 radical (unpaired) electrons. The fourth-order valence-electron chi connectivity index (χ4n) is 3.14. The highest BCUT2D eigenvalue weighted by Gasteiger charge is 2.45. The quantitative estimate of drug-likeness (QED) is 0.395. The molecule has 1 rings (SSSR count). The zero-order valence-electron chi connectivity index (χ0n) is 16.2. The zero-order chi connectivity index (χ0) is 19.9. The van der Waals surface area contributed by atoms with Gasteiger partial charge in [0.2, 0.25) is 23.6 Å². The van der Waals surface area contributed by atoms with Crippen molar-refractivity contribution in [3.63, 3.8) is 0 Å². The Labute approximate surface area is 154 Å². The van der Waals surface area contributed by atoms with Crippen LogP contribution in [-0.4, -0.2) is 61.4 Å².